The van der Waals surface area contributed by atoms with Gasteiger partial charge in [-0.05, 0) is 46.5 Å². The molecule has 110 valence electrons. The second-order valence-corrected chi connectivity index (χ2v) is 7.67. The highest BCUT2D eigenvalue weighted by Gasteiger charge is 2.32. The van der Waals surface area contributed by atoms with Crippen molar-refractivity contribution in [2.45, 2.75) is 24.7 Å². The number of hydrogen-bond donors (Lipinski definition) is 1. The number of sulfonamides is 1. The minimum Gasteiger partial charge on any atom is -0.478 e. The number of benzene rings is 1. The third-order valence-electron chi connectivity index (χ3n) is 3.63. The first-order chi connectivity index (χ1) is 9.36. The second-order valence-electron chi connectivity index (χ2n) is 4.87. The summed E-state index contributed by atoms with van der Waals surface area (Å²) in [6.45, 7) is 3.06. The predicted molar refractivity (Wildman–Crippen MR) is 78.3 cm³/mol. The molecule has 1 heterocycles. The summed E-state index contributed by atoms with van der Waals surface area (Å²) in [6, 6.07) is 4.11. The van der Waals surface area contributed by atoms with Crippen LogP contribution in [0.2, 0.25) is 0 Å². The van der Waals surface area contributed by atoms with Crippen molar-refractivity contribution in [3.05, 3.63) is 28.2 Å². The van der Waals surface area contributed by atoms with Crippen molar-refractivity contribution in [1.29, 1.82) is 0 Å². The van der Waals surface area contributed by atoms with Crippen molar-refractivity contribution in [3.8, 4) is 0 Å². The number of aromatic carboxylic acids is 1. The van der Waals surface area contributed by atoms with E-state index in [2.05, 4.69) is 15.9 Å². The topological polar surface area (TPSA) is 74.7 Å². The molecular weight excluding hydrogens is 346 g/mol. The Bertz CT molecular complexity index is 629. The van der Waals surface area contributed by atoms with Crippen molar-refractivity contribution in [3.63, 3.8) is 0 Å². The lowest BCUT2D eigenvalue weighted by molar-refractivity contribution is 0.0695. The van der Waals surface area contributed by atoms with Crippen LogP contribution < -0.4 is 0 Å². The van der Waals surface area contributed by atoms with E-state index in [0.717, 1.165) is 12.8 Å². The lowest BCUT2D eigenvalue weighted by atomic mass is 10.1. The summed E-state index contributed by atoms with van der Waals surface area (Å²) in [6.07, 6.45) is 1.81. The molecule has 0 bridgehead atoms. The summed E-state index contributed by atoms with van der Waals surface area (Å²) in [7, 11) is -3.61. The van der Waals surface area contributed by atoms with Gasteiger partial charge in [0.1, 0.15) is 0 Å². The SMILES string of the molecule is CCC1CCN(S(=O)(=O)c2ccc(Br)c(C(=O)O)c2)C1. The Morgan fingerprint density at radius 3 is 2.75 bits per heavy atom. The van der Waals surface area contributed by atoms with Gasteiger partial charge in [0.15, 0.2) is 0 Å². The Morgan fingerprint density at radius 1 is 1.50 bits per heavy atom. The van der Waals surface area contributed by atoms with E-state index in [1.54, 1.807) is 0 Å². The van der Waals surface area contributed by atoms with Gasteiger partial charge < -0.3 is 5.11 Å². The zero-order chi connectivity index (χ0) is 14.9. The molecule has 0 radical (unpaired) electrons. The molecule has 0 saturated carbocycles. The zero-order valence-corrected chi connectivity index (χ0v) is 13.4. The number of halogens is 1. The molecule has 2 rings (SSSR count). The fourth-order valence-corrected chi connectivity index (χ4v) is 4.30. The summed E-state index contributed by atoms with van der Waals surface area (Å²) in [5.74, 6) is -0.763. The lowest BCUT2D eigenvalue weighted by Crippen LogP contribution is -2.29. The van der Waals surface area contributed by atoms with Crippen LogP contribution in [0.4, 0.5) is 0 Å². The number of carbonyl (C=O) groups is 1. The highest BCUT2D eigenvalue weighted by Crippen LogP contribution is 2.28. The molecule has 1 aliphatic rings. The van der Waals surface area contributed by atoms with Crippen molar-refractivity contribution in [2.75, 3.05) is 13.1 Å². The maximum absolute atomic E-state index is 12.5. The zero-order valence-electron chi connectivity index (χ0n) is 11.0. The molecule has 5 nitrogen and oxygen atoms in total. The number of carboxylic acid groups (broad SMARTS) is 1. The maximum atomic E-state index is 12.5. The van der Waals surface area contributed by atoms with Gasteiger partial charge in [-0.2, -0.15) is 4.31 Å². The van der Waals surface area contributed by atoms with E-state index in [1.807, 2.05) is 6.92 Å². The standard InChI is InChI=1S/C13H16BrNO4S/c1-2-9-5-6-15(8-9)20(18,19)10-3-4-12(14)11(7-10)13(16)17/h3-4,7,9H,2,5-6,8H2,1H3,(H,16,17). The van der Waals surface area contributed by atoms with Gasteiger partial charge >= 0.3 is 5.97 Å². The highest BCUT2D eigenvalue weighted by atomic mass is 79.9. The number of rotatable bonds is 4. The van der Waals surface area contributed by atoms with Crippen LogP contribution in [-0.2, 0) is 10.0 Å². The summed E-state index contributed by atoms with van der Waals surface area (Å²) < 4.78 is 26.8. The van der Waals surface area contributed by atoms with E-state index in [9.17, 15) is 13.2 Å². The quantitative estimate of drug-likeness (QED) is 0.893. The van der Waals surface area contributed by atoms with E-state index in [-0.39, 0.29) is 10.5 Å². The van der Waals surface area contributed by atoms with Gasteiger partial charge in [0.05, 0.1) is 10.5 Å². The Labute approximate surface area is 126 Å². The van der Waals surface area contributed by atoms with Gasteiger partial charge in [-0.15, -0.1) is 0 Å². The summed E-state index contributed by atoms with van der Waals surface area (Å²) in [5.41, 5.74) is -0.0442. The Morgan fingerprint density at radius 2 is 2.20 bits per heavy atom. The smallest absolute Gasteiger partial charge is 0.336 e. The molecule has 20 heavy (non-hydrogen) atoms. The van der Waals surface area contributed by atoms with Crippen LogP contribution in [0.25, 0.3) is 0 Å². The molecule has 1 aromatic rings. The Balaban J connectivity index is 2.35. The van der Waals surface area contributed by atoms with E-state index >= 15 is 0 Å². The molecule has 1 N–H and O–H groups in total. The number of nitrogens with zero attached hydrogens (tertiary/aromatic N) is 1. The number of hydrogen-bond acceptors (Lipinski definition) is 3. The van der Waals surface area contributed by atoms with Crippen LogP contribution in [0.15, 0.2) is 27.6 Å². The van der Waals surface area contributed by atoms with Crippen LogP contribution in [0.5, 0.6) is 0 Å². The van der Waals surface area contributed by atoms with Gasteiger partial charge in [0, 0.05) is 17.6 Å². The van der Waals surface area contributed by atoms with Crippen molar-refractivity contribution in [2.24, 2.45) is 5.92 Å². The van der Waals surface area contributed by atoms with Crippen LogP contribution in [0.3, 0.4) is 0 Å². The largest absolute Gasteiger partial charge is 0.478 e. The Kier molecular flexibility index (Phi) is 4.51. The minimum absolute atomic E-state index is 0.0369. The average Bonchev–Trinajstić information content (AvgIpc) is 2.88. The molecule has 7 heteroatoms. The second kappa shape index (κ2) is 5.83. The molecule has 1 fully saturated rings. The molecule has 0 aliphatic carbocycles. The molecule has 1 atom stereocenters. The third-order valence-corrected chi connectivity index (χ3v) is 6.18. The average molecular weight is 362 g/mol. The fourth-order valence-electron chi connectivity index (χ4n) is 2.33. The number of carboxylic acids is 1. The molecule has 1 saturated heterocycles. The van der Waals surface area contributed by atoms with E-state index in [0.29, 0.717) is 23.5 Å². The van der Waals surface area contributed by atoms with Gasteiger partial charge in [-0.1, -0.05) is 13.3 Å². The van der Waals surface area contributed by atoms with E-state index in [4.69, 9.17) is 5.11 Å². The van der Waals surface area contributed by atoms with Crippen LogP contribution in [0, 0.1) is 5.92 Å². The van der Waals surface area contributed by atoms with Crippen molar-refractivity contribution < 1.29 is 18.3 Å². The predicted octanol–water partition coefficient (Wildman–Crippen LogP) is 2.57. The summed E-state index contributed by atoms with van der Waals surface area (Å²) >= 11 is 3.11. The molecule has 0 amide bonds. The van der Waals surface area contributed by atoms with Crippen LogP contribution >= 0.6 is 15.9 Å². The van der Waals surface area contributed by atoms with Gasteiger partial charge in [0.25, 0.3) is 0 Å². The molecule has 1 aliphatic heterocycles. The first-order valence-electron chi connectivity index (χ1n) is 6.39. The molecule has 0 aromatic heterocycles. The normalized spacial score (nSPS) is 20.2. The first-order valence-corrected chi connectivity index (χ1v) is 8.62. The van der Waals surface area contributed by atoms with Gasteiger partial charge in [-0.25, -0.2) is 13.2 Å². The molecule has 1 unspecified atom stereocenters. The molecule has 0 spiro atoms. The minimum atomic E-state index is -3.61. The van der Waals surface area contributed by atoms with E-state index < -0.39 is 16.0 Å². The Hall–Kier alpha value is -0.920. The summed E-state index contributed by atoms with van der Waals surface area (Å²) in [4.78, 5) is 11.1. The molecule has 1 aromatic carbocycles. The van der Waals surface area contributed by atoms with Gasteiger partial charge in [-0.3, -0.25) is 0 Å². The monoisotopic (exact) mass is 361 g/mol. The van der Waals surface area contributed by atoms with Crippen LogP contribution in [-0.4, -0.2) is 36.9 Å². The van der Waals surface area contributed by atoms with Crippen molar-refractivity contribution in [1.82, 2.24) is 4.31 Å². The fraction of sp³-hybridized carbons (Fsp3) is 0.462. The third kappa shape index (κ3) is 2.89. The molecular formula is C13H16BrNO4S. The first kappa shape index (κ1) is 15.5. The summed E-state index contributed by atoms with van der Waals surface area (Å²) in [5, 5.41) is 9.06. The van der Waals surface area contributed by atoms with Gasteiger partial charge in [0.2, 0.25) is 10.0 Å². The highest BCUT2D eigenvalue weighted by molar-refractivity contribution is 9.10. The van der Waals surface area contributed by atoms with E-state index in [1.165, 1.54) is 22.5 Å². The van der Waals surface area contributed by atoms with Crippen LogP contribution in [0.1, 0.15) is 30.1 Å². The lowest BCUT2D eigenvalue weighted by Gasteiger charge is -2.17. The maximum Gasteiger partial charge on any atom is 0.336 e. The van der Waals surface area contributed by atoms with Crippen molar-refractivity contribution >= 4 is 31.9 Å².